The molecular weight excluding hydrogens is 354 g/mol. The first-order valence-corrected chi connectivity index (χ1v) is 10.2. The molecule has 1 atom stereocenters. The highest BCUT2D eigenvalue weighted by atomic mass is 16.5. The quantitative estimate of drug-likeness (QED) is 0.650. The summed E-state index contributed by atoms with van der Waals surface area (Å²) in [7, 11) is 0. The van der Waals surface area contributed by atoms with E-state index >= 15 is 0 Å². The second-order valence-electron chi connectivity index (χ2n) is 7.45. The number of piperidine rings is 1. The van der Waals surface area contributed by atoms with Gasteiger partial charge >= 0.3 is 0 Å². The molecule has 3 heterocycles. The number of carbonyl (C=O) groups excluding carboxylic acids is 1. The molecule has 1 aliphatic rings. The lowest BCUT2D eigenvalue weighted by Gasteiger charge is -2.34. The first-order valence-electron chi connectivity index (χ1n) is 10.2. The molecule has 0 saturated carbocycles. The van der Waals surface area contributed by atoms with Crippen molar-refractivity contribution in [2.45, 2.75) is 57.9 Å². The van der Waals surface area contributed by atoms with E-state index in [9.17, 15) is 4.79 Å². The lowest BCUT2D eigenvalue weighted by atomic mass is 9.95. The summed E-state index contributed by atoms with van der Waals surface area (Å²) >= 11 is 0. The molecule has 7 heteroatoms. The summed E-state index contributed by atoms with van der Waals surface area (Å²) in [5.74, 6) is 2.22. The number of imidazole rings is 1. The van der Waals surface area contributed by atoms with Gasteiger partial charge in [0.1, 0.15) is 11.9 Å². The lowest BCUT2D eigenvalue weighted by Crippen LogP contribution is -2.42. The van der Waals surface area contributed by atoms with Crippen molar-refractivity contribution in [3.63, 3.8) is 0 Å². The second kappa shape index (κ2) is 8.12. The first-order chi connectivity index (χ1) is 13.7. The van der Waals surface area contributed by atoms with Crippen LogP contribution in [-0.4, -0.2) is 43.6 Å². The van der Waals surface area contributed by atoms with Crippen LogP contribution in [0.1, 0.15) is 63.1 Å². The Hall–Kier alpha value is -2.70. The van der Waals surface area contributed by atoms with Gasteiger partial charge in [-0.2, -0.15) is 4.98 Å². The third-order valence-electron chi connectivity index (χ3n) is 5.68. The van der Waals surface area contributed by atoms with E-state index in [1.54, 1.807) is 0 Å². The molecule has 1 saturated heterocycles. The van der Waals surface area contributed by atoms with Gasteiger partial charge in [0.2, 0.25) is 12.3 Å². The third-order valence-corrected chi connectivity index (χ3v) is 5.68. The maximum atomic E-state index is 13.4. The average Bonchev–Trinajstić information content (AvgIpc) is 3.38. The van der Waals surface area contributed by atoms with E-state index in [-0.39, 0.29) is 17.9 Å². The molecule has 0 unspecified atom stereocenters. The standard InChI is InChI=1S/C21H27N5O2/c1-3-7-19-23-16-8-5-6-9-18(16)26(19)17(4-2)21(27)25-12-10-15(11-13-25)20-22-14-28-24-20/h5-6,8-9,14-15,17H,3-4,7,10-13H2,1-2H3/t17-/m1/s1. The Labute approximate surface area is 164 Å². The molecule has 0 radical (unpaired) electrons. The van der Waals surface area contributed by atoms with Gasteiger partial charge in [-0.05, 0) is 37.8 Å². The molecule has 28 heavy (non-hydrogen) atoms. The Morgan fingerprint density at radius 2 is 2.04 bits per heavy atom. The van der Waals surface area contributed by atoms with Gasteiger partial charge in [-0.25, -0.2) is 4.98 Å². The number of para-hydroxylation sites is 2. The van der Waals surface area contributed by atoms with E-state index in [2.05, 4.69) is 34.6 Å². The van der Waals surface area contributed by atoms with Crippen molar-refractivity contribution in [3.05, 3.63) is 42.3 Å². The summed E-state index contributed by atoms with van der Waals surface area (Å²) in [6, 6.07) is 7.90. The molecule has 2 aromatic heterocycles. The van der Waals surface area contributed by atoms with Crippen LogP contribution in [0.25, 0.3) is 11.0 Å². The minimum atomic E-state index is -0.212. The predicted molar refractivity (Wildman–Crippen MR) is 106 cm³/mol. The Bertz CT molecular complexity index is 926. The molecular formula is C21H27N5O2. The summed E-state index contributed by atoms with van der Waals surface area (Å²) in [4.78, 5) is 24.4. The number of nitrogens with zero attached hydrogens (tertiary/aromatic N) is 5. The molecule has 1 aliphatic heterocycles. The van der Waals surface area contributed by atoms with Crippen LogP contribution in [0.4, 0.5) is 0 Å². The highest BCUT2D eigenvalue weighted by Gasteiger charge is 2.31. The number of hydrogen-bond donors (Lipinski definition) is 0. The molecule has 1 fully saturated rings. The lowest BCUT2D eigenvalue weighted by molar-refractivity contribution is -0.136. The molecule has 7 nitrogen and oxygen atoms in total. The number of fused-ring (bicyclic) bond motifs is 1. The van der Waals surface area contributed by atoms with E-state index in [1.165, 1.54) is 6.39 Å². The van der Waals surface area contributed by atoms with Crippen molar-refractivity contribution in [2.24, 2.45) is 0 Å². The molecule has 0 aliphatic carbocycles. The Morgan fingerprint density at radius 3 is 2.71 bits per heavy atom. The number of rotatable bonds is 6. The number of aromatic nitrogens is 4. The van der Waals surface area contributed by atoms with Crippen molar-refractivity contribution >= 4 is 16.9 Å². The van der Waals surface area contributed by atoms with Crippen LogP contribution < -0.4 is 0 Å². The van der Waals surface area contributed by atoms with Gasteiger partial charge in [0, 0.05) is 25.4 Å². The number of amides is 1. The van der Waals surface area contributed by atoms with Crippen LogP contribution in [-0.2, 0) is 11.2 Å². The summed E-state index contributed by atoms with van der Waals surface area (Å²) in [6.45, 7) is 5.68. The van der Waals surface area contributed by atoms with Gasteiger partial charge in [0.15, 0.2) is 5.82 Å². The fourth-order valence-electron chi connectivity index (χ4n) is 4.24. The molecule has 3 aromatic rings. The fourth-order valence-corrected chi connectivity index (χ4v) is 4.24. The molecule has 148 valence electrons. The summed E-state index contributed by atoms with van der Waals surface area (Å²) in [6.07, 6.45) is 5.74. The van der Waals surface area contributed by atoms with Gasteiger partial charge in [-0.1, -0.05) is 31.1 Å². The SMILES string of the molecule is CCCc1nc2ccccc2n1[C@H](CC)C(=O)N1CCC(c2ncon2)CC1. The van der Waals surface area contributed by atoms with Crippen molar-refractivity contribution in [2.75, 3.05) is 13.1 Å². The van der Waals surface area contributed by atoms with Crippen molar-refractivity contribution in [3.8, 4) is 0 Å². The smallest absolute Gasteiger partial charge is 0.245 e. The van der Waals surface area contributed by atoms with E-state index in [0.29, 0.717) is 0 Å². The summed E-state index contributed by atoms with van der Waals surface area (Å²) in [5, 5.41) is 3.97. The molecule has 4 rings (SSSR count). The summed E-state index contributed by atoms with van der Waals surface area (Å²) < 4.78 is 7.04. The van der Waals surface area contributed by atoms with Crippen LogP contribution in [0.2, 0.25) is 0 Å². The zero-order valence-electron chi connectivity index (χ0n) is 16.5. The molecule has 0 N–H and O–H groups in total. The second-order valence-corrected chi connectivity index (χ2v) is 7.45. The van der Waals surface area contributed by atoms with Crippen LogP contribution >= 0.6 is 0 Å². The third kappa shape index (κ3) is 3.41. The highest BCUT2D eigenvalue weighted by molar-refractivity contribution is 5.84. The molecule has 1 amide bonds. The van der Waals surface area contributed by atoms with Crippen LogP contribution in [0.5, 0.6) is 0 Å². The van der Waals surface area contributed by atoms with Crippen LogP contribution in [0, 0.1) is 0 Å². The number of aryl methyl sites for hydroxylation is 1. The van der Waals surface area contributed by atoms with E-state index in [4.69, 9.17) is 9.51 Å². The highest BCUT2D eigenvalue weighted by Crippen LogP contribution is 2.30. The number of benzene rings is 1. The minimum Gasteiger partial charge on any atom is -0.343 e. The number of carbonyl (C=O) groups is 1. The van der Waals surface area contributed by atoms with Crippen molar-refractivity contribution in [1.29, 1.82) is 0 Å². The van der Waals surface area contributed by atoms with Crippen LogP contribution in [0.15, 0.2) is 35.2 Å². The van der Waals surface area contributed by atoms with Gasteiger partial charge in [0.05, 0.1) is 11.0 Å². The van der Waals surface area contributed by atoms with E-state index in [1.807, 2.05) is 23.1 Å². The maximum absolute atomic E-state index is 13.4. The topological polar surface area (TPSA) is 77.0 Å². The van der Waals surface area contributed by atoms with Gasteiger partial charge in [-0.3, -0.25) is 4.79 Å². The van der Waals surface area contributed by atoms with Crippen molar-refractivity contribution < 1.29 is 9.32 Å². The van der Waals surface area contributed by atoms with Crippen LogP contribution in [0.3, 0.4) is 0 Å². The molecule has 1 aromatic carbocycles. The monoisotopic (exact) mass is 381 g/mol. The zero-order valence-corrected chi connectivity index (χ0v) is 16.5. The maximum Gasteiger partial charge on any atom is 0.245 e. The largest absolute Gasteiger partial charge is 0.343 e. The fraction of sp³-hybridized carbons (Fsp3) is 0.524. The van der Waals surface area contributed by atoms with Crippen molar-refractivity contribution in [1.82, 2.24) is 24.6 Å². The summed E-state index contributed by atoms with van der Waals surface area (Å²) in [5.41, 5.74) is 2.01. The average molecular weight is 381 g/mol. The van der Waals surface area contributed by atoms with E-state index < -0.39 is 0 Å². The van der Waals surface area contributed by atoms with Gasteiger partial charge < -0.3 is 14.0 Å². The molecule has 0 spiro atoms. The number of hydrogen-bond acceptors (Lipinski definition) is 5. The Kier molecular flexibility index (Phi) is 5.41. The Morgan fingerprint density at radius 1 is 1.25 bits per heavy atom. The number of likely N-dealkylation sites (tertiary alicyclic amines) is 1. The van der Waals surface area contributed by atoms with Gasteiger partial charge in [0.25, 0.3) is 0 Å². The zero-order chi connectivity index (χ0) is 19.5. The normalized spacial score (nSPS) is 16.6. The van der Waals surface area contributed by atoms with E-state index in [0.717, 1.165) is 67.9 Å². The minimum absolute atomic E-state index is 0.189. The van der Waals surface area contributed by atoms with Gasteiger partial charge in [-0.15, -0.1) is 0 Å². The first kappa shape index (κ1) is 18.7. The molecule has 0 bridgehead atoms. The predicted octanol–water partition coefficient (Wildman–Crippen LogP) is 3.73. The Balaban J connectivity index is 1.57.